The molecule has 2 aromatic carbocycles. The molecule has 1 atom stereocenters. The van der Waals surface area contributed by atoms with Crippen LogP contribution in [-0.4, -0.2) is 56.7 Å². The Balaban J connectivity index is 1.69. The number of halogens is 1. The average molecular weight is 608 g/mol. The van der Waals surface area contributed by atoms with Gasteiger partial charge < -0.3 is 14.6 Å². The minimum atomic E-state index is -0.611. The van der Waals surface area contributed by atoms with Gasteiger partial charge in [-0.3, -0.25) is 19.1 Å². The average Bonchev–Trinajstić information content (AvgIpc) is 3.33. The molecule has 10 nitrogen and oxygen atoms in total. The van der Waals surface area contributed by atoms with Gasteiger partial charge in [-0.15, -0.1) is 0 Å². The molecule has 1 amide bonds. The third-order valence-corrected chi connectivity index (χ3v) is 7.16. The number of nitrogens with zero attached hydrogens (tertiary/aromatic N) is 4. The summed E-state index contributed by atoms with van der Waals surface area (Å²) in [6.07, 6.45) is 0.566. The molecule has 0 saturated heterocycles. The maximum Gasteiger partial charge on any atom is 0.407 e. The van der Waals surface area contributed by atoms with Gasteiger partial charge in [0.05, 0.1) is 24.8 Å². The molecule has 0 spiro atoms. The lowest BCUT2D eigenvalue weighted by atomic mass is 10.1. The van der Waals surface area contributed by atoms with Crippen molar-refractivity contribution < 1.29 is 18.8 Å². The number of ketones is 1. The molecular weight excluding hydrogens is 570 g/mol. The number of nitrogens with one attached hydrogen (secondary N) is 1. The first-order valence-electron chi connectivity index (χ1n) is 14.4. The van der Waals surface area contributed by atoms with E-state index in [1.807, 2.05) is 42.2 Å². The van der Waals surface area contributed by atoms with E-state index in [-0.39, 0.29) is 30.1 Å². The van der Waals surface area contributed by atoms with Crippen LogP contribution in [0, 0.1) is 6.92 Å². The van der Waals surface area contributed by atoms with Crippen molar-refractivity contribution >= 4 is 34.6 Å². The van der Waals surface area contributed by atoms with Crippen LogP contribution in [0.4, 0.5) is 4.79 Å². The Morgan fingerprint density at radius 3 is 2.47 bits per heavy atom. The molecule has 1 unspecified atom stereocenters. The highest BCUT2D eigenvalue weighted by Gasteiger charge is 2.28. The fourth-order valence-electron chi connectivity index (χ4n) is 4.90. The van der Waals surface area contributed by atoms with Crippen molar-refractivity contribution in [2.24, 2.45) is 0 Å². The van der Waals surface area contributed by atoms with Gasteiger partial charge in [-0.1, -0.05) is 54.0 Å². The lowest BCUT2D eigenvalue weighted by molar-refractivity contribution is 0.0522. The second-order valence-electron chi connectivity index (χ2n) is 11.4. The van der Waals surface area contributed by atoms with Crippen LogP contribution in [0.15, 0.2) is 63.9 Å². The second kappa shape index (κ2) is 14.0. The molecule has 0 aliphatic rings. The van der Waals surface area contributed by atoms with Crippen LogP contribution >= 0.6 is 11.6 Å². The number of rotatable bonds is 12. The summed E-state index contributed by atoms with van der Waals surface area (Å²) in [4.78, 5) is 46.4. The number of hydrogen-bond acceptors (Lipinski definition) is 8. The van der Waals surface area contributed by atoms with Crippen LogP contribution in [0.1, 0.15) is 74.0 Å². The van der Waals surface area contributed by atoms with Crippen LogP contribution in [0.25, 0.3) is 11.1 Å². The van der Waals surface area contributed by atoms with E-state index in [0.717, 1.165) is 5.56 Å². The highest BCUT2D eigenvalue weighted by molar-refractivity contribution is 6.30. The second-order valence-corrected chi connectivity index (χ2v) is 11.8. The van der Waals surface area contributed by atoms with Crippen molar-refractivity contribution in [3.63, 3.8) is 0 Å². The van der Waals surface area contributed by atoms with Crippen molar-refractivity contribution in [2.45, 2.75) is 65.6 Å². The van der Waals surface area contributed by atoms with E-state index in [9.17, 15) is 14.4 Å². The molecule has 1 N–H and O–H groups in total. The van der Waals surface area contributed by atoms with Crippen molar-refractivity contribution in [3.8, 4) is 0 Å². The number of benzene rings is 2. The number of alkyl carbamates (subject to hydrolysis) is 1. The fraction of sp³-hybridized carbons (Fsp3) is 0.406. The first kappa shape index (κ1) is 31.9. The molecule has 0 saturated carbocycles. The van der Waals surface area contributed by atoms with E-state index < -0.39 is 17.7 Å². The standard InChI is InChI=1S/C32H38ClN5O5/c1-6-25(28-35-29-27(21(2)36-43-29)30(40)38(28)19-22-11-8-7-9-12-22)37(18-10-17-34-31(41)42-32(3,4)5)20-26(39)23-13-15-24(33)16-14-23/h7-9,11-16,25H,6,10,17-20H2,1-5H3,(H,34,41). The third kappa shape index (κ3) is 8.30. The smallest absolute Gasteiger partial charge is 0.407 e. The largest absolute Gasteiger partial charge is 0.444 e. The van der Waals surface area contributed by atoms with Crippen LogP contribution in [0.5, 0.6) is 0 Å². The zero-order valence-corrected chi connectivity index (χ0v) is 26.0. The Bertz CT molecular complexity index is 1610. The predicted molar refractivity (Wildman–Crippen MR) is 166 cm³/mol. The molecule has 0 radical (unpaired) electrons. The number of aromatic nitrogens is 3. The summed E-state index contributed by atoms with van der Waals surface area (Å²) in [5, 5.41) is 7.65. The topological polar surface area (TPSA) is 120 Å². The van der Waals surface area contributed by atoms with E-state index in [1.165, 1.54) is 0 Å². The molecule has 0 fully saturated rings. The Labute approximate surface area is 256 Å². The normalized spacial score (nSPS) is 12.4. The predicted octanol–water partition coefficient (Wildman–Crippen LogP) is 5.95. The Morgan fingerprint density at radius 1 is 1.12 bits per heavy atom. The number of ether oxygens (including phenoxy) is 1. The monoisotopic (exact) mass is 607 g/mol. The zero-order valence-electron chi connectivity index (χ0n) is 25.2. The van der Waals surface area contributed by atoms with Gasteiger partial charge in [0.1, 0.15) is 16.8 Å². The van der Waals surface area contributed by atoms with Gasteiger partial charge in [-0.25, -0.2) is 4.79 Å². The maximum absolute atomic E-state index is 13.9. The van der Waals surface area contributed by atoms with E-state index >= 15 is 0 Å². The van der Waals surface area contributed by atoms with Gasteiger partial charge >= 0.3 is 6.09 Å². The minimum Gasteiger partial charge on any atom is -0.444 e. The molecule has 2 heterocycles. The Hall–Kier alpha value is -4.02. The number of Topliss-reactive ketones (excluding diaryl/α,β-unsaturated/α-hetero) is 1. The molecule has 0 aliphatic carbocycles. The van der Waals surface area contributed by atoms with Crippen molar-refractivity contribution in [1.29, 1.82) is 0 Å². The van der Waals surface area contributed by atoms with E-state index in [4.69, 9.17) is 25.8 Å². The zero-order chi connectivity index (χ0) is 31.1. The first-order chi connectivity index (χ1) is 20.5. The highest BCUT2D eigenvalue weighted by atomic mass is 35.5. The first-order valence-corrected chi connectivity index (χ1v) is 14.7. The van der Waals surface area contributed by atoms with E-state index in [1.54, 1.807) is 56.5 Å². The molecule has 228 valence electrons. The van der Waals surface area contributed by atoms with Gasteiger partial charge in [-0.05, 0) is 70.4 Å². The summed E-state index contributed by atoms with van der Waals surface area (Å²) in [5.41, 5.74) is 1.22. The van der Waals surface area contributed by atoms with Crippen LogP contribution in [0.3, 0.4) is 0 Å². The number of amides is 1. The molecule has 43 heavy (non-hydrogen) atoms. The summed E-state index contributed by atoms with van der Waals surface area (Å²) in [7, 11) is 0. The molecule has 11 heteroatoms. The minimum absolute atomic E-state index is 0.0568. The highest BCUT2D eigenvalue weighted by Crippen LogP contribution is 2.26. The number of carbonyl (C=O) groups excluding carboxylic acids is 2. The van der Waals surface area contributed by atoms with Gasteiger partial charge in [0.25, 0.3) is 11.3 Å². The molecule has 2 aromatic heterocycles. The number of hydrogen-bond donors (Lipinski definition) is 1. The molecule has 0 bridgehead atoms. The van der Waals surface area contributed by atoms with Crippen molar-refractivity contribution in [2.75, 3.05) is 19.6 Å². The van der Waals surface area contributed by atoms with E-state index in [2.05, 4.69) is 10.5 Å². The van der Waals surface area contributed by atoms with Crippen LogP contribution < -0.4 is 10.9 Å². The van der Waals surface area contributed by atoms with Gasteiger partial charge in [-0.2, -0.15) is 4.98 Å². The van der Waals surface area contributed by atoms with E-state index in [0.29, 0.717) is 53.4 Å². The third-order valence-electron chi connectivity index (χ3n) is 6.91. The summed E-state index contributed by atoms with van der Waals surface area (Å²) < 4.78 is 12.4. The molecule has 4 rings (SSSR count). The number of fused-ring (bicyclic) bond motifs is 1. The Kier molecular flexibility index (Phi) is 10.4. The summed E-state index contributed by atoms with van der Waals surface area (Å²) >= 11 is 6.05. The Morgan fingerprint density at radius 2 is 1.81 bits per heavy atom. The molecular formula is C32H38ClN5O5. The lowest BCUT2D eigenvalue weighted by Gasteiger charge is -2.31. The quantitative estimate of drug-likeness (QED) is 0.155. The summed E-state index contributed by atoms with van der Waals surface area (Å²) in [5.74, 6) is 0.368. The lowest BCUT2D eigenvalue weighted by Crippen LogP contribution is -2.40. The van der Waals surface area contributed by atoms with Crippen molar-refractivity contribution in [3.05, 3.63) is 92.6 Å². The van der Waals surface area contributed by atoms with Gasteiger partial charge in [0.2, 0.25) is 0 Å². The van der Waals surface area contributed by atoms with Gasteiger partial charge in [0, 0.05) is 23.7 Å². The SMILES string of the molecule is CCC(c1nc2onc(C)c2c(=O)n1Cc1ccccc1)N(CCCNC(=O)OC(C)(C)C)CC(=O)c1ccc(Cl)cc1. The fourth-order valence-corrected chi connectivity index (χ4v) is 5.03. The summed E-state index contributed by atoms with van der Waals surface area (Å²) in [6, 6.07) is 16.0. The van der Waals surface area contributed by atoms with Crippen molar-refractivity contribution in [1.82, 2.24) is 24.9 Å². The molecule has 4 aromatic rings. The number of carbonyl (C=O) groups is 2. The van der Waals surface area contributed by atoms with Gasteiger partial charge in [0.15, 0.2) is 5.78 Å². The molecule has 0 aliphatic heterocycles. The maximum atomic E-state index is 13.9. The summed E-state index contributed by atoms with van der Waals surface area (Å²) in [6.45, 7) is 10.2. The van der Waals surface area contributed by atoms with Crippen LogP contribution in [0.2, 0.25) is 5.02 Å². The number of aryl methyl sites for hydroxylation is 1. The van der Waals surface area contributed by atoms with Crippen LogP contribution in [-0.2, 0) is 11.3 Å².